The molecule has 2 nitrogen and oxygen atoms in total. The smallest absolute Gasteiger partial charge is 0.322 e. The first-order valence-corrected chi connectivity index (χ1v) is 8.96. The Morgan fingerprint density at radius 3 is 1.93 bits per heavy atom. The van der Waals surface area contributed by atoms with Crippen LogP contribution in [0.25, 0.3) is 0 Å². The number of hydrogen-bond donors (Lipinski definition) is 1. The minimum absolute atomic E-state index is 0.0556. The van der Waals surface area contributed by atoms with Crippen LogP contribution >= 0.6 is 11.8 Å². The molecule has 2 rings (SSSR count). The molecule has 0 spiro atoms. The predicted octanol–water partition coefficient (Wildman–Crippen LogP) is 6.72. The molecule has 0 unspecified atom stereocenters. The molecule has 2 aromatic carbocycles. The van der Waals surface area contributed by atoms with Crippen LogP contribution in [-0.4, -0.2) is 17.8 Å². The highest BCUT2D eigenvalue weighted by molar-refractivity contribution is 7.99. The van der Waals surface area contributed by atoms with Crippen LogP contribution in [0, 0.1) is 0 Å². The Hall–Kier alpha value is -2.30. The van der Waals surface area contributed by atoms with Gasteiger partial charge >= 0.3 is 18.3 Å². The van der Waals surface area contributed by atoms with E-state index in [4.69, 9.17) is 0 Å². The summed E-state index contributed by atoms with van der Waals surface area (Å²) in [6.45, 7) is 1.67. The third kappa shape index (κ3) is 5.20. The average molecular weight is 443 g/mol. The molecular formula is C18H13F8NOS. The van der Waals surface area contributed by atoms with Gasteiger partial charge in [-0.15, -0.1) is 11.8 Å². The third-order valence-corrected chi connectivity index (χ3v) is 4.65. The Morgan fingerprint density at radius 2 is 1.45 bits per heavy atom. The lowest BCUT2D eigenvalue weighted by molar-refractivity contribution is -0.289. The maximum absolute atomic E-state index is 13.3. The Morgan fingerprint density at radius 1 is 0.897 bits per heavy atom. The van der Waals surface area contributed by atoms with Gasteiger partial charge in [0.2, 0.25) is 0 Å². The fraction of sp³-hybridized carbons (Fsp3) is 0.278. The molecule has 2 aromatic rings. The van der Waals surface area contributed by atoms with E-state index in [0.29, 0.717) is 17.9 Å². The van der Waals surface area contributed by atoms with Gasteiger partial charge in [0.1, 0.15) is 0 Å². The van der Waals surface area contributed by atoms with Crippen molar-refractivity contribution in [2.45, 2.75) is 30.1 Å². The molecule has 11 heteroatoms. The van der Waals surface area contributed by atoms with Gasteiger partial charge < -0.3 is 5.32 Å². The van der Waals surface area contributed by atoms with Crippen molar-refractivity contribution in [1.82, 2.24) is 0 Å². The molecule has 0 heterocycles. The number of benzene rings is 2. The Labute approximate surface area is 164 Å². The van der Waals surface area contributed by atoms with Gasteiger partial charge in [-0.25, -0.2) is 0 Å². The molecule has 0 aliphatic rings. The number of halogens is 8. The molecule has 0 fully saturated rings. The molecule has 1 N–H and O–H groups in total. The first-order valence-electron chi connectivity index (χ1n) is 7.98. The molecule has 1 amide bonds. The van der Waals surface area contributed by atoms with E-state index < -0.39 is 35.3 Å². The number of carbonyl (C=O) groups is 1. The van der Waals surface area contributed by atoms with Crippen molar-refractivity contribution in [3.8, 4) is 0 Å². The van der Waals surface area contributed by atoms with Crippen LogP contribution in [0.2, 0.25) is 0 Å². The molecular weight excluding hydrogens is 430 g/mol. The maximum Gasteiger partial charge on any atom is 0.458 e. The first kappa shape index (κ1) is 23.0. The molecule has 0 saturated heterocycles. The standard InChI is InChI=1S/C18H13F8NOS/c1-2-29-14-9-11(17(21,22)23)5-8-13(14)15(28)27-12-6-3-10(4-7-12)16(19,20)18(24,25)26/h3-9H,2H2,1H3,(H,27,28). The second-order valence-electron chi connectivity index (χ2n) is 5.75. The summed E-state index contributed by atoms with van der Waals surface area (Å²) < 4.78 is 102. The van der Waals surface area contributed by atoms with Crippen LogP contribution in [0.3, 0.4) is 0 Å². The van der Waals surface area contributed by atoms with Crippen LogP contribution in [-0.2, 0) is 12.1 Å². The fourth-order valence-electron chi connectivity index (χ4n) is 2.29. The molecule has 0 bridgehead atoms. The fourth-order valence-corrected chi connectivity index (χ4v) is 3.12. The minimum Gasteiger partial charge on any atom is -0.322 e. The zero-order valence-electron chi connectivity index (χ0n) is 14.6. The van der Waals surface area contributed by atoms with Crippen molar-refractivity contribution in [2.75, 3.05) is 11.1 Å². The predicted molar refractivity (Wildman–Crippen MR) is 92.2 cm³/mol. The lowest BCUT2D eigenvalue weighted by atomic mass is 10.1. The van der Waals surface area contributed by atoms with Crippen molar-refractivity contribution in [1.29, 1.82) is 0 Å². The number of thioether (sulfide) groups is 1. The van der Waals surface area contributed by atoms with Gasteiger partial charge in [-0.05, 0) is 36.1 Å². The Bertz CT molecular complexity index is 875. The third-order valence-electron chi connectivity index (χ3n) is 3.71. The van der Waals surface area contributed by atoms with E-state index in [1.807, 2.05) is 0 Å². The van der Waals surface area contributed by atoms with Crippen molar-refractivity contribution < 1.29 is 39.9 Å². The number of rotatable bonds is 5. The van der Waals surface area contributed by atoms with Crippen molar-refractivity contribution >= 4 is 23.4 Å². The quantitative estimate of drug-likeness (QED) is 0.410. The van der Waals surface area contributed by atoms with E-state index in [0.717, 1.165) is 42.1 Å². The van der Waals surface area contributed by atoms with Crippen LogP contribution in [0.5, 0.6) is 0 Å². The number of nitrogens with one attached hydrogen (secondary N) is 1. The van der Waals surface area contributed by atoms with E-state index in [-0.39, 0.29) is 16.1 Å². The van der Waals surface area contributed by atoms with Crippen LogP contribution in [0.1, 0.15) is 28.4 Å². The molecule has 0 atom stereocenters. The summed E-state index contributed by atoms with van der Waals surface area (Å²) in [7, 11) is 0. The lowest BCUT2D eigenvalue weighted by Gasteiger charge is -2.20. The molecule has 0 aliphatic carbocycles. The zero-order chi connectivity index (χ0) is 22.0. The van der Waals surface area contributed by atoms with Crippen LogP contribution < -0.4 is 5.32 Å². The Balaban J connectivity index is 2.26. The van der Waals surface area contributed by atoms with Crippen molar-refractivity contribution in [3.05, 3.63) is 59.2 Å². The second kappa shape index (κ2) is 8.21. The van der Waals surface area contributed by atoms with Gasteiger partial charge in [-0.3, -0.25) is 4.79 Å². The van der Waals surface area contributed by atoms with E-state index in [1.165, 1.54) is 0 Å². The van der Waals surface area contributed by atoms with E-state index in [1.54, 1.807) is 6.92 Å². The van der Waals surface area contributed by atoms with Crippen molar-refractivity contribution in [2.24, 2.45) is 0 Å². The maximum atomic E-state index is 13.3. The summed E-state index contributed by atoms with van der Waals surface area (Å²) in [4.78, 5) is 12.4. The largest absolute Gasteiger partial charge is 0.458 e. The van der Waals surface area contributed by atoms with Crippen LogP contribution in [0.4, 0.5) is 40.8 Å². The zero-order valence-corrected chi connectivity index (χ0v) is 15.4. The number of alkyl halides is 8. The van der Waals surface area contributed by atoms with Gasteiger partial charge in [0.15, 0.2) is 0 Å². The second-order valence-corrected chi connectivity index (χ2v) is 7.05. The van der Waals surface area contributed by atoms with Gasteiger partial charge in [0.05, 0.1) is 11.1 Å². The molecule has 0 aliphatic heterocycles. The average Bonchev–Trinajstić information content (AvgIpc) is 2.60. The van der Waals surface area contributed by atoms with Gasteiger partial charge in [0, 0.05) is 16.1 Å². The minimum atomic E-state index is -5.77. The Kier molecular flexibility index (Phi) is 6.51. The van der Waals surface area contributed by atoms with E-state index in [9.17, 15) is 39.9 Å². The van der Waals surface area contributed by atoms with Crippen molar-refractivity contribution in [3.63, 3.8) is 0 Å². The summed E-state index contributed by atoms with van der Waals surface area (Å²) in [6.07, 6.45) is -10.4. The van der Waals surface area contributed by atoms with Gasteiger partial charge in [-0.2, -0.15) is 35.1 Å². The molecule has 0 aromatic heterocycles. The molecule has 0 saturated carbocycles. The highest BCUT2D eigenvalue weighted by Crippen LogP contribution is 2.44. The summed E-state index contributed by atoms with van der Waals surface area (Å²) in [5.74, 6) is -5.51. The normalized spacial score (nSPS) is 12.7. The van der Waals surface area contributed by atoms with E-state index >= 15 is 0 Å². The molecule has 158 valence electrons. The summed E-state index contributed by atoms with van der Waals surface area (Å²) in [6, 6.07) is 5.24. The highest BCUT2D eigenvalue weighted by atomic mass is 32.2. The van der Waals surface area contributed by atoms with Gasteiger partial charge in [-0.1, -0.05) is 19.1 Å². The van der Waals surface area contributed by atoms with Crippen LogP contribution in [0.15, 0.2) is 47.4 Å². The number of hydrogen-bond acceptors (Lipinski definition) is 2. The number of anilines is 1. The number of carbonyl (C=O) groups excluding carboxylic acids is 1. The summed E-state index contributed by atoms with van der Waals surface area (Å²) in [5, 5.41) is 2.27. The van der Waals surface area contributed by atoms with E-state index in [2.05, 4.69) is 5.32 Å². The topological polar surface area (TPSA) is 29.1 Å². The first-order chi connectivity index (χ1) is 13.3. The number of amides is 1. The van der Waals surface area contributed by atoms with Gasteiger partial charge in [0.25, 0.3) is 5.91 Å². The SMILES string of the molecule is CCSc1cc(C(F)(F)F)ccc1C(=O)Nc1ccc(C(F)(F)C(F)(F)F)cc1. The molecule has 29 heavy (non-hydrogen) atoms. The summed E-state index contributed by atoms with van der Waals surface area (Å²) >= 11 is 0.995. The monoisotopic (exact) mass is 443 g/mol. The highest BCUT2D eigenvalue weighted by Gasteiger charge is 2.58. The summed E-state index contributed by atoms with van der Waals surface area (Å²) in [5.41, 5.74) is -2.43. The lowest BCUT2D eigenvalue weighted by Crippen LogP contribution is -2.33. The molecule has 0 radical (unpaired) electrons.